The molecule has 9 heteroatoms. The molecule has 0 saturated heterocycles. The Morgan fingerprint density at radius 2 is 1.71 bits per heavy atom. The van der Waals surface area contributed by atoms with Crippen molar-refractivity contribution >= 4 is 34.2 Å². The number of aromatic amines is 1. The van der Waals surface area contributed by atoms with E-state index in [-0.39, 0.29) is 24.5 Å². The van der Waals surface area contributed by atoms with Crippen LogP contribution in [0.5, 0.6) is 11.5 Å². The number of H-pyrrole nitrogens is 1. The molecule has 0 radical (unpaired) electrons. The minimum absolute atomic E-state index is 0.00732. The Labute approximate surface area is 205 Å². The van der Waals surface area contributed by atoms with Crippen molar-refractivity contribution in [3.05, 3.63) is 99.1 Å². The lowest BCUT2D eigenvalue weighted by Crippen LogP contribution is -2.35. The van der Waals surface area contributed by atoms with Gasteiger partial charge in [-0.05, 0) is 42.0 Å². The van der Waals surface area contributed by atoms with Crippen LogP contribution in [0, 0.1) is 5.82 Å². The molecule has 0 fully saturated rings. The molecule has 2 amide bonds. The number of nitrogens with zero attached hydrogens (tertiary/aromatic N) is 1. The number of para-hydroxylation sites is 1. The first-order chi connectivity index (χ1) is 17.0. The highest BCUT2D eigenvalue weighted by atomic mass is 35.5. The van der Waals surface area contributed by atoms with E-state index in [0.29, 0.717) is 52.1 Å². The lowest BCUT2D eigenvalue weighted by atomic mass is 10.1. The smallest absolute Gasteiger partial charge is 0.322 e. The maximum Gasteiger partial charge on any atom is 0.322 e. The first kappa shape index (κ1) is 22.7. The van der Waals surface area contributed by atoms with Crippen LogP contribution in [0.25, 0.3) is 10.9 Å². The second-order valence-corrected chi connectivity index (χ2v) is 8.51. The van der Waals surface area contributed by atoms with E-state index in [9.17, 15) is 14.0 Å². The summed E-state index contributed by atoms with van der Waals surface area (Å²) in [5, 5.41) is 3.93. The zero-order valence-electron chi connectivity index (χ0n) is 18.5. The molecule has 178 valence electrons. The van der Waals surface area contributed by atoms with Gasteiger partial charge in [0.15, 0.2) is 11.5 Å². The van der Waals surface area contributed by atoms with Gasteiger partial charge in [-0.3, -0.25) is 4.79 Å². The van der Waals surface area contributed by atoms with Crippen molar-refractivity contribution in [3.63, 3.8) is 0 Å². The van der Waals surface area contributed by atoms with Crippen molar-refractivity contribution in [1.29, 1.82) is 0 Å². The normalized spacial score (nSPS) is 12.4. The van der Waals surface area contributed by atoms with Crippen LogP contribution in [-0.4, -0.2) is 29.1 Å². The van der Waals surface area contributed by atoms with Gasteiger partial charge in [0, 0.05) is 23.6 Å². The van der Waals surface area contributed by atoms with Crippen molar-refractivity contribution in [1.82, 2.24) is 9.88 Å². The average Bonchev–Trinajstić information content (AvgIpc) is 2.85. The van der Waals surface area contributed by atoms with Gasteiger partial charge in [-0.25, -0.2) is 9.18 Å². The predicted octanol–water partition coefficient (Wildman–Crippen LogP) is 5.33. The first-order valence-electron chi connectivity index (χ1n) is 11.0. The molecule has 0 spiro atoms. The Hall–Kier alpha value is -4.04. The fraction of sp³-hybridized carbons (Fsp3) is 0.154. The SMILES string of the molecule is O=C(Nc1ccccc1Cl)N(Cc1ccc(F)cc1)Cc1cc2cc3c(cc2[nH]c1=O)OCCO3. The van der Waals surface area contributed by atoms with E-state index < -0.39 is 6.03 Å². The molecule has 0 bridgehead atoms. The van der Waals surface area contributed by atoms with Crippen molar-refractivity contribution in [2.24, 2.45) is 0 Å². The number of carbonyl (C=O) groups is 1. The van der Waals surface area contributed by atoms with Crippen LogP contribution in [-0.2, 0) is 13.1 Å². The number of rotatable bonds is 5. The molecule has 35 heavy (non-hydrogen) atoms. The van der Waals surface area contributed by atoms with Gasteiger partial charge in [0.25, 0.3) is 5.56 Å². The van der Waals surface area contributed by atoms with Gasteiger partial charge in [-0.1, -0.05) is 35.9 Å². The minimum atomic E-state index is -0.455. The Morgan fingerprint density at radius 3 is 2.46 bits per heavy atom. The number of benzene rings is 3. The molecular formula is C26H21ClFN3O4. The Bertz CT molecular complexity index is 1460. The number of fused-ring (bicyclic) bond motifs is 2. The topological polar surface area (TPSA) is 83.7 Å². The molecular weight excluding hydrogens is 473 g/mol. The van der Waals surface area contributed by atoms with Crippen LogP contribution >= 0.6 is 11.6 Å². The third-order valence-electron chi connectivity index (χ3n) is 5.63. The number of pyridine rings is 1. The van der Waals surface area contributed by atoms with Crippen molar-refractivity contribution in [3.8, 4) is 11.5 Å². The summed E-state index contributed by atoms with van der Waals surface area (Å²) in [6.45, 7) is 1.05. The molecule has 0 atom stereocenters. The molecule has 3 aromatic carbocycles. The van der Waals surface area contributed by atoms with E-state index in [1.807, 2.05) is 0 Å². The molecule has 0 aliphatic carbocycles. The molecule has 5 rings (SSSR count). The average molecular weight is 494 g/mol. The maximum atomic E-state index is 13.4. The Morgan fingerprint density at radius 1 is 1.00 bits per heavy atom. The van der Waals surface area contributed by atoms with E-state index in [0.717, 1.165) is 5.39 Å². The number of aromatic nitrogens is 1. The van der Waals surface area contributed by atoms with Crippen molar-refractivity contribution in [2.45, 2.75) is 13.1 Å². The number of hydrogen-bond donors (Lipinski definition) is 2. The molecule has 0 saturated carbocycles. The van der Waals surface area contributed by atoms with Crippen molar-refractivity contribution < 1.29 is 18.7 Å². The highest BCUT2D eigenvalue weighted by Gasteiger charge is 2.19. The molecule has 7 nitrogen and oxygen atoms in total. The largest absolute Gasteiger partial charge is 0.486 e. The monoisotopic (exact) mass is 493 g/mol. The predicted molar refractivity (Wildman–Crippen MR) is 132 cm³/mol. The zero-order chi connectivity index (χ0) is 24.4. The summed E-state index contributed by atoms with van der Waals surface area (Å²) in [5.74, 6) is 0.798. The zero-order valence-corrected chi connectivity index (χ0v) is 19.3. The van der Waals surface area contributed by atoms with Gasteiger partial charge >= 0.3 is 6.03 Å². The second-order valence-electron chi connectivity index (χ2n) is 8.10. The highest BCUT2D eigenvalue weighted by Crippen LogP contribution is 2.33. The lowest BCUT2D eigenvalue weighted by molar-refractivity contribution is 0.172. The van der Waals surface area contributed by atoms with Gasteiger partial charge in [-0.2, -0.15) is 0 Å². The molecule has 1 aliphatic rings. The van der Waals surface area contributed by atoms with Crippen LogP contribution < -0.4 is 20.3 Å². The van der Waals surface area contributed by atoms with Crippen LogP contribution in [0.15, 0.2) is 71.5 Å². The highest BCUT2D eigenvalue weighted by molar-refractivity contribution is 6.33. The standard InChI is InChI=1S/C26H21ClFN3O4/c27-20-3-1-2-4-21(20)30-26(33)31(14-16-5-7-19(28)8-6-16)15-18-11-17-12-23-24(35-10-9-34-23)13-22(17)29-25(18)32/h1-8,11-13H,9-10,14-15H2,(H,29,32)(H,30,33). The van der Waals surface area contributed by atoms with Gasteiger partial charge in [0.1, 0.15) is 19.0 Å². The third-order valence-corrected chi connectivity index (χ3v) is 5.96. The van der Waals surface area contributed by atoms with Crippen LogP contribution in [0.1, 0.15) is 11.1 Å². The molecule has 1 aliphatic heterocycles. The lowest BCUT2D eigenvalue weighted by Gasteiger charge is -2.24. The third kappa shape index (κ3) is 5.07. The molecule has 0 unspecified atom stereocenters. The second kappa shape index (κ2) is 9.68. The number of halogens is 2. The van der Waals surface area contributed by atoms with E-state index in [1.165, 1.54) is 17.0 Å². The van der Waals surface area contributed by atoms with E-state index >= 15 is 0 Å². The number of anilines is 1. The van der Waals surface area contributed by atoms with Crippen LogP contribution in [0.3, 0.4) is 0 Å². The fourth-order valence-corrected chi connectivity index (χ4v) is 4.06. The van der Waals surface area contributed by atoms with Gasteiger partial charge in [-0.15, -0.1) is 0 Å². The number of nitrogens with one attached hydrogen (secondary N) is 2. The number of hydrogen-bond acceptors (Lipinski definition) is 4. The van der Waals surface area contributed by atoms with Crippen LogP contribution in [0.4, 0.5) is 14.9 Å². The minimum Gasteiger partial charge on any atom is -0.486 e. The fourth-order valence-electron chi connectivity index (χ4n) is 3.88. The summed E-state index contributed by atoms with van der Waals surface area (Å²) in [5.41, 5.74) is 1.81. The van der Waals surface area contributed by atoms with Crippen molar-refractivity contribution in [2.75, 3.05) is 18.5 Å². The van der Waals surface area contributed by atoms with Crippen LogP contribution in [0.2, 0.25) is 5.02 Å². The summed E-state index contributed by atoms with van der Waals surface area (Å²) in [4.78, 5) is 30.5. The summed E-state index contributed by atoms with van der Waals surface area (Å²) in [6, 6.07) is 17.5. The first-order valence-corrected chi connectivity index (χ1v) is 11.3. The molecule has 2 N–H and O–H groups in total. The molecule has 2 heterocycles. The summed E-state index contributed by atoms with van der Waals surface area (Å²) >= 11 is 6.21. The number of amides is 2. The quantitative estimate of drug-likeness (QED) is 0.394. The summed E-state index contributed by atoms with van der Waals surface area (Å²) < 4.78 is 24.7. The number of carbonyl (C=O) groups excluding carboxylic acids is 1. The van der Waals surface area contributed by atoms with Gasteiger partial charge < -0.3 is 24.7 Å². The maximum absolute atomic E-state index is 13.4. The molecule has 4 aromatic rings. The number of ether oxygens (including phenoxy) is 2. The molecule has 1 aromatic heterocycles. The summed E-state index contributed by atoms with van der Waals surface area (Å²) in [6.07, 6.45) is 0. The summed E-state index contributed by atoms with van der Waals surface area (Å²) in [7, 11) is 0. The number of urea groups is 1. The van der Waals surface area contributed by atoms with E-state index in [4.69, 9.17) is 21.1 Å². The Kier molecular flexibility index (Phi) is 6.29. The van der Waals surface area contributed by atoms with E-state index in [1.54, 1.807) is 54.6 Å². The van der Waals surface area contributed by atoms with Gasteiger partial charge in [0.2, 0.25) is 0 Å². The van der Waals surface area contributed by atoms with Gasteiger partial charge in [0.05, 0.1) is 22.8 Å². The Balaban J connectivity index is 1.47. The van der Waals surface area contributed by atoms with E-state index in [2.05, 4.69) is 10.3 Å².